The van der Waals surface area contributed by atoms with Gasteiger partial charge in [-0.2, -0.15) is 0 Å². The molecule has 0 saturated heterocycles. The summed E-state index contributed by atoms with van der Waals surface area (Å²) < 4.78 is 9.94. The topological polar surface area (TPSA) is 123 Å². The number of esters is 1. The van der Waals surface area contributed by atoms with Crippen molar-refractivity contribution in [3.8, 4) is 5.75 Å². The maximum Gasteiger partial charge on any atom is 0.326 e. The Balaban J connectivity index is 1.73. The van der Waals surface area contributed by atoms with Crippen molar-refractivity contribution in [1.29, 1.82) is 0 Å². The Morgan fingerprint density at radius 1 is 0.862 bits per heavy atom. The lowest BCUT2D eigenvalue weighted by Gasteiger charge is -2.14. The lowest BCUT2D eigenvalue weighted by molar-refractivity contribution is -0.154. The zero-order valence-electron chi connectivity index (χ0n) is 15.9. The van der Waals surface area contributed by atoms with Gasteiger partial charge in [-0.05, 0) is 43.3 Å². The summed E-state index contributed by atoms with van der Waals surface area (Å²) in [5, 5.41) is 2.40. The number of amides is 3. The van der Waals surface area contributed by atoms with Crippen molar-refractivity contribution in [3.05, 3.63) is 65.7 Å². The molecule has 0 aliphatic heterocycles. The van der Waals surface area contributed by atoms with Crippen LogP contribution >= 0.6 is 0 Å². The standard InChI is InChI=1S/C20H21N3O6/c1-13(18(25)22-23-20(27)14-6-4-3-5-7-14)29-17(24)12-21-19(26)15-8-10-16(28-2)11-9-15/h3-11,13H,12H2,1-2H3,(H,21,26)(H,22,25)(H,23,27)/t13-/m0/s1. The lowest BCUT2D eigenvalue weighted by Crippen LogP contribution is -2.47. The van der Waals surface area contributed by atoms with Gasteiger partial charge in [0.25, 0.3) is 17.7 Å². The Morgan fingerprint density at radius 2 is 1.48 bits per heavy atom. The number of ether oxygens (including phenoxy) is 2. The SMILES string of the molecule is COc1ccc(C(=O)NCC(=O)O[C@@H](C)C(=O)NNC(=O)c2ccccc2)cc1. The molecule has 3 N–H and O–H groups in total. The minimum absolute atomic E-state index is 0.341. The van der Waals surface area contributed by atoms with Crippen LogP contribution in [-0.4, -0.2) is 43.4 Å². The minimum Gasteiger partial charge on any atom is -0.497 e. The van der Waals surface area contributed by atoms with Crippen molar-refractivity contribution in [2.75, 3.05) is 13.7 Å². The molecule has 0 fully saturated rings. The number of hydrogen-bond acceptors (Lipinski definition) is 6. The highest BCUT2D eigenvalue weighted by atomic mass is 16.5. The molecule has 0 saturated carbocycles. The predicted molar refractivity (Wildman–Crippen MR) is 103 cm³/mol. The number of hydrazine groups is 1. The summed E-state index contributed by atoms with van der Waals surface area (Å²) in [4.78, 5) is 47.6. The third kappa shape index (κ3) is 6.65. The van der Waals surface area contributed by atoms with Crippen LogP contribution in [0.25, 0.3) is 0 Å². The molecule has 1 atom stereocenters. The number of carbonyl (C=O) groups is 4. The Hall–Kier alpha value is -3.88. The van der Waals surface area contributed by atoms with Gasteiger partial charge in [0.1, 0.15) is 12.3 Å². The molecule has 0 heterocycles. The van der Waals surface area contributed by atoms with E-state index in [2.05, 4.69) is 16.2 Å². The molecule has 2 rings (SSSR count). The van der Waals surface area contributed by atoms with Gasteiger partial charge in [-0.25, -0.2) is 0 Å². The zero-order chi connectivity index (χ0) is 21.2. The van der Waals surface area contributed by atoms with Crippen molar-refractivity contribution in [3.63, 3.8) is 0 Å². The number of rotatable bonds is 7. The fourth-order valence-corrected chi connectivity index (χ4v) is 2.17. The van der Waals surface area contributed by atoms with Crippen LogP contribution in [0.2, 0.25) is 0 Å². The van der Waals surface area contributed by atoms with E-state index in [1.54, 1.807) is 54.6 Å². The van der Waals surface area contributed by atoms with E-state index in [1.807, 2.05) is 0 Å². The molecule has 2 aromatic carbocycles. The van der Waals surface area contributed by atoms with Crippen molar-refractivity contribution in [2.45, 2.75) is 13.0 Å². The van der Waals surface area contributed by atoms with Crippen molar-refractivity contribution >= 4 is 23.7 Å². The molecule has 0 spiro atoms. The van der Waals surface area contributed by atoms with Crippen LogP contribution in [0.5, 0.6) is 5.75 Å². The largest absolute Gasteiger partial charge is 0.497 e. The second-order valence-electron chi connectivity index (χ2n) is 5.85. The summed E-state index contributed by atoms with van der Waals surface area (Å²) in [6, 6.07) is 14.6. The first-order valence-corrected chi connectivity index (χ1v) is 8.67. The van der Waals surface area contributed by atoms with E-state index in [9.17, 15) is 19.2 Å². The van der Waals surface area contributed by atoms with Gasteiger partial charge >= 0.3 is 5.97 Å². The fraction of sp³-hybridized carbons (Fsp3) is 0.200. The van der Waals surface area contributed by atoms with Gasteiger partial charge in [-0.3, -0.25) is 30.0 Å². The highest BCUT2D eigenvalue weighted by Gasteiger charge is 2.19. The van der Waals surface area contributed by atoms with E-state index >= 15 is 0 Å². The normalized spacial score (nSPS) is 11.0. The fourth-order valence-electron chi connectivity index (χ4n) is 2.17. The second kappa shape index (κ2) is 10.5. The smallest absolute Gasteiger partial charge is 0.326 e. The third-order valence-electron chi connectivity index (χ3n) is 3.76. The van der Waals surface area contributed by atoms with Crippen molar-refractivity contribution in [2.24, 2.45) is 0 Å². The Kier molecular flexibility index (Phi) is 7.72. The molecule has 3 amide bonds. The van der Waals surface area contributed by atoms with Crippen molar-refractivity contribution in [1.82, 2.24) is 16.2 Å². The summed E-state index contributed by atoms with van der Waals surface area (Å²) in [6.07, 6.45) is -1.17. The first-order valence-electron chi connectivity index (χ1n) is 8.67. The van der Waals surface area contributed by atoms with Gasteiger partial charge in [-0.15, -0.1) is 0 Å². The molecule has 2 aromatic rings. The van der Waals surface area contributed by atoms with Gasteiger partial charge in [-0.1, -0.05) is 18.2 Å². The van der Waals surface area contributed by atoms with E-state index in [-0.39, 0.29) is 0 Å². The van der Waals surface area contributed by atoms with Crippen LogP contribution in [-0.2, 0) is 14.3 Å². The number of benzene rings is 2. The Labute approximate surface area is 167 Å². The van der Waals surface area contributed by atoms with Crippen LogP contribution < -0.4 is 20.9 Å². The Bertz CT molecular complexity index is 868. The maximum absolute atomic E-state index is 12.0. The molecular formula is C20H21N3O6. The van der Waals surface area contributed by atoms with E-state index in [1.165, 1.54) is 14.0 Å². The molecule has 0 aromatic heterocycles. The molecule has 0 unspecified atom stereocenters. The van der Waals surface area contributed by atoms with E-state index in [4.69, 9.17) is 9.47 Å². The molecular weight excluding hydrogens is 378 g/mol. The van der Waals surface area contributed by atoms with E-state index in [0.717, 1.165) is 0 Å². The quantitative estimate of drug-likeness (QED) is 0.468. The molecule has 9 heteroatoms. The van der Waals surface area contributed by atoms with E-state index < -0.39 is 36.3 Å². The highest BCUT2D eigenvalue weighted by Crippen LogP contribution is 2.11. The summed E-state index contributed by atoms with van der Waals surface area (Å²) in [5.41, 5.74) is 5.10. The maximum atomic E-state index is 12.0. The van der Waals surface area contributed by atoms with Crippen LogP contribution in [0, 0.1) is 0 Å². The highest BCUT2D eigenvalue weighted by molar-refractivity contribution is 5.97. The van der Waals surface area contributed by atoms with Crippen LogP contribution in [0.4, 0.5) is 0 Å². The summed E-state index contributed by atoms with van der Waals surface area (Å²) in [5.74, 6) is -1.91. The number of hydrogen-bond donors (Lipinski definition) is 3. The number of carbonyl (C=O) groups excluding carboxylic acids is 4. The average Bonchev–Trinajstić information content (AvgIpc) is 2.76. The second-order valence-corrected chi connectivity index (χ2v) is 5.85. The average molecular weight is 399 g/mol. The van der Waals surface area contributed by atoms with Gasteiger partial charge in [0.05, 0.1) is 7.11 Å². The molecule has 0 bridgehead atoms. The Morgan fingerprint density at radius 3 is 2.10 bits per heavy atom. The molecule has 0 aliphatic carbocycles. The summed E-state index contributed by atoms with van der Waals surface area (Å²) in [7, 11) is 1.51. The molecule has 9 nitrogen and oxygen atoms in total. The van der Waals surface area contributed by atoms with Crippen LogP contribution in [0.3, 0.4) is 0 Å². The molecule has 152 valence electrons. The van der Waals surface area contributed by atoms with Crippen LogP contribution in [0.1, 0.15) is 27.6 Å². The van der Waals surface area contributed by atoms with Crippen LogP contribution in [0.15, 0.2) is 54.6 Å². The number of nitrogens with one attached hydrogen (secondary N) is 3. The van der Waals surface area contributed by atoms with Crippen molar-refractivity contribution < 1.29 is 28.7 Å². The first kappa shape index (κ1) is 21.4. The molecule has 29 heavy (non-hydrogen) atoms. The minimum atomic E-state index is -1.17. The summed E-state index contributed by atoms with van der Waals surface area (Å²) >= 11 is 0. The monoisotopic (exact) mass is 399 g/mol. The van der Waals surface area contributed by atoms with E-state index in [0.29, 0.717) is 16.9 Å². The predicted octanol–water partition coefficient (Wildman–Crippen LogP) is 0.818. The summed E-state index contributed by atoms with van der Waals surface area (Å²) in [6.45, 7) is 0.923. The molecule has 0 aliphatic rings. The first-order chi connectivity index (χ1) is 13.9. The van der Waals surface area contributed by atoms with Gasteiger partial charge in [0.2, 0.25) is 0 Å². The lowest BCUT2D eigenvalue weighted by atomic mass is 10.2. The van der Waals surface area contributed by atoms with Gasteiger partial charge in [0.15, 0.2) is 6.10 Å². The zero-order valence-corrected chi connectivity index (χ0v) is 15.9. The van der Waals surface area contributed by atoms with Gasteiger partial charge < -0.3 is 14.8 Å². The van der Waals surface area contributed by atoms with Gasteiger partial charge in [0, 0.05) is 11.1 Å². The molecule has 0 radical (unpaired) electrons. The number of methoxy groups -OCH3 is 1. The third-order valence-corrected chi connectivity index (χ3v) is 3.76.